The highest BCUT2D eigenvalue weighted by atomic mass is 16.4. The molecule has 1 saturated heterocycles. The van der Waals surface area contributed by atoms with Crippen molar-refractivity contribution in [3.8, 4) is 0 Å². The molecule has 0 spiro atoms. The van der Waals surface area contributed by atoms with E-state index in [-0.39, 0.29) is 18.0 Å². The minimum Gasteiger partial charge on any atom is -0.465 e. The van der Waals surface area contributed by atoms with Crippen LogP contribution in [0.1, 0.15) is 37.0 Å². The van der Waals surface area contributed by atoms with E-state index >= 15 is 0 Å². The Kier molecular flexibility index (Phi) is 7.07. The number of carbonyl (C=O) groups excluding carboxylic acids is 1. The van der Waals surface area contributed by atoms with Crippen molar-refractivity contribution in [1.29, 1.82) is 0 Å². The van der Waals surface area contributed by atoms with Crippen LogP contribution in [0, 0.1) is 0 Å². The first-order valence-corrected chi connectivity index (χ1v) is 10.2. The number of rotatable bonds is 7. The number of anilines is 1. The number of likely N-dealkylation sites (N-methyl/N-ethyl adjacent to an activating group) is 1. The van der Waals surface area contributed by atoms with Gasteiger partial charge in [0.1, 0.15) is 0 Å². The molecule has 7 heteroatoms. The number of aliphatic hydroxyl groups is 1. The summed E-state index contributed by atoms with van der Waals surface area (Å²) in [5.74, 6) is -0.115. The zero-order valence-corrected chi connectivity index (χ0v) is 17.3. The molecule has 0 aromatic heterocycles. The number of hydrogen-bond donors (Lipinski definition) is 4. The topological polar surface area (TPSA) is 102 Å². The molecule has 1 heterocycles. The number of carboxylic acid groups (broad SMARTS) is 1. The molecule has 1 aliphatic rings. The second-order valence-corrected chi connectivity index (χ2v) is 7.74. The van der Waals surface area contributed by atoms with E-state index in [9.17, 15) is 19.8 Å². The maximum Gasteiger partial charge on any atom is 0.407 e. The highest BCUT2D eigenvalue weighted by Crippen LogP contribution is 2.34. The summed E-state index contributed by atoms with van der Waals surface area (Å²) in [5, 5.41) is 26.3. The number of hydrogen-bond acceptors (Lipinski definition) is 4. The van der Waals surface area contributed by atoms with Gasteiger partial charge in [-0.05, 0) is 56.5 Å². The standard InChI is InChI=1S/C23H29N3O4/c1-15(24-2)22(28)25-18-10-8-16(9-11-18)14-19-12-13-20(26(19)23(29)30)21(27)17-6-4-3-5-7-17/h3-11,15,19-21,24,27H,12-14H2,1-2H3,(H,25,28)(H,29,30)/t15-,19+,20-,21?/m1/s1. The van der Waals surface area contributed by atoms with Crippen molar-refractivity contribution in [1.82, 2.24) is 10.2 Å². The molecular formula is C23H29N3O4. The number of aliphatic hydroxyl groups excluding tert-OH is 1. The van der Waals surface area contributed by atoms with Gasteiger partial charge in [0, 0.05) is 11.7 Å². The minimum absolute atomic E-state index is 0.115. The van der Waals surface area contributed by atoms with Crippen molar-refractivity contribution in [3.05, 3.63) is 65.7 Å². The van der Waals surface area contributed by atoms with Crippen molar-refractivity contribution in [2.75, 3.05) is 12.4 Å². The van der Waals surface area contributed by atoms with Gasteiger partial charge in [0.25, 0.3) is 0 Å². The first kappa shape index (κ1) is 21.8. The number of amides is 2. The number of likely N-dealkylation sites (tertiary alicyclic amines) is 1. The van der Waals surface area contributed by atoms with Crippen LogP contribution in [0.15, 0.2) is 54.6 Å². The molecule has 30 heavy (non-hydrogen) atoms. The monoisotopic (exact) mass is 411 g/mol. The Morgan fingerprint density at radius 1 is 1.10 bits per heavy atom. The smallest absolute Gasteiger partial charge is 0.407 e. The third kappa shape index (κ3) is 4.98. The van der Waals surface area contributed by atoms with Crippen LogP contribution in [-0.4, -0.2) is 52.3 Å². The molecule has 2 aromatic rings. The summed E-state index contributed by atoms with van der Waals surface area (Å²) in [7, 11) is 1.73. The average molecular weight is 412 g/mol. The van der Waals surface area contributed by atoms with Crippen LogP contribution in [0.3, 0.4) is 0 Å². The first-order chi connectivity index (χ1) is 14.4. The lowest BCUT2D eigenvalue weighted by Crippen LogP contribution is -2.44. The van der Waals surface area contributed by atoms with Crippen LogP contribution < -0.4 is 10.6 Å². The van der Waals surface area contributed by atoms with Crippen LogP contribution >= 0.6 is 0 Å². The maximum absolute atomic E-state index is 12.0. The van der Waals surface area contributed by atoms with Gasteiger partial charge in [-0.15, -0.1) is 0 Å². The number of carbonyl (C=O) groups is 2. The van der Waals surface area contributed by atoms with Gasteiger partial charge in [0.05, 0.1) is 18.2 Å². The molecule has 0 radical (unpaired) electrons. The first-order valence-electron chi connectivity index (χ1n) is 10.2. The van der Waals surface area contributed by atoms with Gasteiger partial charge < -0.3 is 20.8 Å². The summed E-state index contributed by atoms with van der Waals surface area (Å²) < 4.78 is 0. The molecular weight excluding hydrogens is 382 g/mol. The van der Waals surface area contributed by atoms with Crippen molar-refractivity contribution in [2.45, 2.75) is 50.4 Å². The molecule has 1 unspecified atom stereocenters. The van der Waals surface area contributed by atoms with E-state index in [1.165, 1.54) is 4.90 Å². The number of benzene rings is 2. The molecule has 4 N–H and O–H groups in total. The second-order valence-electron chi connectivity index (χ2n) is 7.74. The van der Waals surface area contributed by atoms with Crippen LogP contribution in [-0.2, 0) is 11.2 Å². The molecule has 4 atom stereocenters. The summed E-state index contributed by atoms with van der Waals surface area (Å²) in [4.78, 5) is 25.4. The number of nitrogens with zero attached hydrogens (tertiary/aromatic N) is 1. The Morgan fingerprint density at radius 2 is 1.77 bits per heavy atom. The summed E-state index contributed by atoms with van der Waals surface area (Å²) in [6.45, 7) is 1.78. The summed E-state index contributed by atoms with van der Waals surface area (Å²) in [5.41, 5.74) is 2.41. The maximum atomic E-state index is 12.0. The normalized spacial score (nSPS) is 20.6. The Balaban J connectivity index is 1.67. The van der Waals surface area contributed by atoms with Crippen molar-refractivity contribution < 1.29 is 19.8 Å². The van der Waals surface area contributed by atoms with Gasteiger partial charge in [-0.1, -0.05) is 42.5 Å². The van der Waals surface area contributed by atoms with Crippen LogP contribution in [0.4, 0.5) is 10.5 Å². The summed E-state index contributed by atoms with van der Waals surface area (Å²) in [6.07, 6.45) is 0.00886. The van der Waals surface area contributed by atoms with Gasteiger partial charge >= 0.3 is 6.09 Å². The van der Waals surface area contributed by atoms with Crippen molar-refractivity contribution in [2.24, 2.45) is 0 Å². The van der Waals surface area contributed by atoms with Crippen molar-refractivity contribution in [3.63, 3.8) is 0 Å². The minimum atomic E-state index is -1.01. The zero-order chi connectivity index (χ0) is 21.7. The summed E-state index contributed by atoms with van der Waals surface area (Å²) in [6, 6.07) is 15.7. The predicted octanol–water partition coefficient (Wildman–Crippen LogP) is 3.02. The molecule has 0 aliphatic carbocycles. The van der Waals surface area contributed by atoms with Gasteiger partial charge in [-0.25, -0.2) is 4.79 Å². The lowest BCUT2D eigenvalue weighted by Gasteiger charge is -2.31. The zero-order valence-electron chi connectivity index (χ0n) is 17.3. The fourth-order valence-electron chi connectivity index (χ4n) is 3.97. The lowest BCUT2D eigenvalue weighted by molar-refractivity contribution is -0.117. The molecule has 0 saturated carbocycles. The summed E-state index contributed by atoms with van der Waals surface area (Å²) >= 11 is 0. The van der Waals surface area contributed by atoms with E-state index in [4.69, 9.17) is 0 Å². The molecule has 2 aromatic carbocycles. The van der Waals surface area contributed by atoms with Gasteiger partial charge in [-0.2, -0.15) is 0 Å². The molecule has 1 aliphatic heterocycles. The fraction of sp³-hybridized carbons (Fsp3) is 0.391. The second kappa shape index (κ2) is 9.73. The Morgan fingerprint density at radius 3 is 2.37 bits per heavy atom. The third-order valence-corrected chi connectivity index (χ3v) is 5.79. The predicted molar refractivity (Wildman–Crippen MR) is 115 cm³/mol. The molecule has 160 valence electrons. The van der Waals surface area contributed by atoms with Gasteiger partial charge in [-0.3, -0.25) is 9.69 Å². The molecule has 2 amide bonds. The van der Waals surface area contributed by atoms with Gasteiger partial charge in [0.15, 0.2) is 0 Å². The number of nitrogens with one attached hydrogen (secondary N) is 2. The van der Waals surface area contributed by atoms with E-state index in [1.54, 1.807) is 14.0 Å². The molecule has 0 bridgehead atoms. The van der Waals surface area contributed by atoms with E-state index in [0.29, 0.717) is 24.9 Å². The fourth-order valence-corrected chi connectivity index (χ4v) is 3.97. The van der Waals surface area contributed by atoms with E-state index in [1.807, 2.05) is 54.6 Å². The van der Waals surface area contributed by atoms with Gasteiger partial charge in [0.2, 0.25) is 5.91 Å². The quantitative estimate of drug-likeness (QED) is 0.561. The largest absolute Gasteiger partial charge is 0.465 e. The van der Waals surface area contributed by atoms with E-state index < -0.39 is 18.2 Å². The highest BCUT2D eigenvalue weighted by molar-refractivity contribution is 5.94. The Labute approximate surface area is 176 Å². The Bertz CT molecular complexity index is 857. The van der Waals surface area contributed by atoms with Crippen molar-refractivity contribution >= 4 is 17.7 Å². The molecule has 1 fully saturated rings. The van der Waals surface area contributed by atoms with Crippen LogP contribution in [0.2, 0.25) is 0 Å². The molecule has 3 rings (SSSR count). The highest BCUT2D eigenvalue weighted by Gasteiger charge is 2.41. The lowest BCUT2D eigenvalue weighted by atomic mass is 10.0. The SMILES string of the molecule is CN[C@H](C)C(=O)Nc1ccc(C[C@@H]2CC[C@H](C(O)c3ccccc3)N2C(=O)O)cc1. The van der Waals surface area contributed by atoms with Crippen LogP contribution in [0.5, 0.6) is 0 Å². The van der Waals surface area contributed by atoms with E-state index in [2.05, 4.69) is 10.6 Å². The average Bonchev–Trinajstić information content (AvgIpc) is 3.18. The van der Waals surface area contributed by atoms with E-state index in [0.717, 1.165) is 11.1 Å². The Hall–Kier alpha value is -2.90. The molecule has 7 nitrogen and oxygen atoms in total. The third-order valence-electron chi connectivity index (χ3n) is 5.79. The van der Waals surface area contributed by atoms with Crippen LogP contribution in [0.25, 0.3) is 0 Å².